The van der Waals surface area contributed by atoms with Gasteiger partial charge in [-0.1, -0.05) is 51.3 Å². The van der Waals surface area contributed by atoms with Gasteiger partial charge in [0.05, 0.1) is 0 Å². The van der Waals surface area contributed by atoms with Gasteiger partial charge in [-0.3, -0.25) is 0 Å². The molecule has 132 valence electrons. The van der Waals surface area contributed by atoms with Crippen LogP contribution in [0.3, 0.4) is 0 Å². The van der Waals surface area contributed by atoms with Crippen LogP contribution in [0.1, 0.15) is 45.7 Å². The zero-order chi connectivity index (χ0) is 18.8. The number of ether oxygens (including phenoxy) is 1. The molecule has 0 heterocycles. The van der Waals surface area contributed by atoms with Gasteiger partial charge in [0.1, 0.15) is 11.6 Å². The summed E-state index contributed by atoms with van der Waals surface area (Å²) in [6.07, 6.45) is 0. The van der Waals surface area contributed by atoms with Gasteiger partial charge in [-0.25, -0.2) is 8.78 Å². The summed E-state index contributed by atoms with van der Waals surface area (Å²) in [6.45, 7) is 10.9. The number of halogens is 2. The summed E-state index contributed by atoms with van der Waals surface area (Å²) in [4.78, 5) is 0. The van der Waals surface area contributed by atoms with E-state index in [1.54, 1.807) is 43.3 Å². The van der Waals surface area contributed by atoms with E-state index in [4.69, 9.17) is 0 Å². The average molecular weight is 334 g/mol. The highest BCUT2D eigenvalue weighted by Crippen LogP contribution is 2.11. The quantitative estimate of drug-likeness (QED) is 0.566. The van der Waals surface area contributed by atoms with E-state index in [1.165, 1.54) is 12.1 Å². The lowest BCUT2D eigenvalue weighted by molar-refractivity contribution is 0.192. The maximum Gasteiger partial charge on any atom is 0.228 e. The van der Waals surface area contributed by atoms with E-state index in [0.717, 1.165) is 11.1 Å². The van der Waals surface area contributed by atoms with Gasteiger partial charge in [0.25, 0.3) is 0 Å². The van der Waals surface area contributed by atoms with Crippen molar-refractivity contribution >= 4 is 0 Å². The third-order valence-corrected chi connectivity index (χ3v) is 2.36. The fourth-order valence-corrected chi connectivity index (χ4v) is 1.38. The molecule has 0 saturated carbocycles. The van der Waals surface area contributed by atoms with Crippen LogP contribution in [0, 0.1) is 24.6 Å². The summed E-state index contributed by atoms with van der Waals surface area (Å²) < 4.78 is 28.4. The molecule has 0 spiro atoms. The minimum Gasteiger partial charge on any atom is -0.463 e. The minimum absolute atomic E-state index is 0.171. The monoisotopic (exact) mass is 334 g/mol. The van der Waals surface area contributed by atoms with Crippen LogP contribution in [0.15, 0.2) is 48.5 Å². The fraction of sp³-hybridized carbons (Fsp3) is 0.333. The first-order chi connectivity index (χ1) is 11.7. The van der Waals surface area contributed by atoms with Crippen molar-refractivity contribution in [3.63, 3.8) is 0 Å². The predicted octanol–water partition coefficient (Wildman–Crippen LogP) is 6.55. The summed E-state index contributed by atoms with van der Waals surface area (Å²) >= 11 is 0. The Morgan fingerprint density at radius 1 is 0.875 bits per heavy atom. The Labute approximate surface area is 145 Å². The van der Waals surface area contributed by atoms with Crippen molar-refractivity contribution in [1.29, 1.82) is 0 Å². The van der Waals surface area contributed by atoms with Crippen molar-refractivity contribution in [2.24, 2.45) is 0 Å². The van der Waals surface area contributed by atoms with Gasteiger partial charge in [-0.05, 0) is 50.2 Å². The van der Waals surface area contributed by atoms with Crippen LogP contribution in [0.4, 0.5) is 8.78 Å². The normalized spacial score (nSPS) is 7.83. The second kappa shape index (κ2) is 17.0. The van der Waals surface area contributed by atoms with Crippen LogP contribution < -0.4 is 4.74 Å². The first-order valence-electron chi connectivity index (χ1n) is 8.09. The van der Waals surface area contributed by atoms with Crippen molar-refractivity contribution < 1.29 is 13.5 Å². The molecule has 0 radical (unpaired) electrons. The Morgan fingerprint density at radius 3 is 1.75 bits per heavy atom. The molecule has 0 aliphatic rings. The zero-order valence-corrected chi connectivity index (χ0v) is 15.5. The van der Waals surface area contributed by atoms with Crippen LogP contribution in [-0.4, -0.2) is 6.86 Å². The molecular formula is C21H28F2O. The molecule has 0 saturated heterocycles. The third-order valence-electron chi connectivity index (χ3n) is 2.36. The molecule has 24 heavy (non-hydrogen) atoms. The Kier molecular flexibility index (Phi) is 17.0. The van der Waals surface area contributed by atoms with Gasteiger partial charge in [0.15, 0.2) is 0 Å². The van der Waals surface area contributed by atoms with Crippen molar-refractivity contribution in [2.45, 2.75) is 41.5 Å². The number of hydrogen-bond donors (Lipinski definition) is 0. The molecule has 1 nitrogen and oxygen atoms in total. The maximum absolute atomic E-state index is 12.1. The highest BCUT2D eigenvalue weighted by atomic mass is 19.1. The highest BCUT2D eigenvalue weighted by molar-refractivity contribution is 5.37. The summed E-state index contributed by atoms with van der Waals surface area (Å²) in [6, 6.07) is 13.4. The second-order valence-corrected chi connectivity index (χ2v) is 3.95. The average Bonchev–Trinajstić information content (AvgIpc) is 2.64. The number of benzene rings is 2. The number of hydrogen-bond acceptors (Lipinski definition) is 1. The van der Waals surface area contributed by atoms with Gasteiger partial charge in [-0.2, -0.15) is 0 Å². The van der Waals surface area contributed by atoms with Crippen LogP contribution in [0.5, 0.6) is 5.75 Å². The van der Waals surface area contributed by atoms with E-state index in [2.05, 4.69) is 16.6 Å². The lowest BCUT2D eigenvalue weighted by Gasteiger charge is -1.99. The molecule has 0 amide bonds. The SMILES string of the molecule is CC.CC.CC#Cc1ccc(OCF)cc1.Cc1ccc(F)cc1. The summed E-state index contributed by atoms with van der Waals surface area (Å²) in [5.41, 5.74) is 2.00. The first-order valence-corrected chi connectivity index (χ1v) is 8.09. The van der Waals surface area contributed by atoms with E-state index in [-0.39, 0.29) is 5.82 Å². The predicted molar refractivity (Wildman–Crippen MR) is 99.4 cm³/mol. The van der Waals surface area contributed by atoms with Gasteiger partial charge in [-0.15, -0.1) is 5.92 Å². The maximum atomic E-state index is 12.1. The van der Waals surface area contributed by atoms with Crippen molar-refractivity contribution in [3.8, 4) is 17.6 Å². The van der Waals surface area contributed by atoms with E-state index in [9.17, 15) is 8.78 Å². The van der Waals surface area contributed by atoms with Crippen LogP contribution in [-0.2, 0) is 0 Å². The van der Waals surface area contributed by atoms with E-state index >= 15 is 0 Å². The molecule has 0 fully saturated rings. The molecule has 3 heteroatoms. The molecule has 0 unspecified atom stereocenters. The number of alkyl halides is 1. The van der Waals surface area contributed by atoms with Crippen LogP contribution >= 0.6 is 0 Å². The van der Waals surface area contributed by atoms with Gasteiger partial charge >= 0.3 is 0 Å². The second-order valence-electron chi connectivity index (χ2n) is 3.95. The van der Waals surface area contributed by atoms with Crippen LogP contribution in [0.2, 0.25) is 0 Å². The number of rotatable bonds is 2. The zero-order valence-electron chi connectivity index (χ0n) is 15.5. The Balaban J connectivity index is 0. The fourth-order valence-electron chi connectivity index (χ4n) is 1.38. The molecular weight excluding hydrogens is 306 g/mol. The molecule has 0 bridgehead atoms. The first kappa shape index (κ1) is 23.9. The van der Waals surface area contributed by atoms with E-state index < -0.39 is 6.86 Å². The van der Waals surface area contributed by atoms with Crippen molar-refractivity contribution in [1.82, 2.24) is 0 Å². The summed E-state index contributed by atoms with van der Waals surface area (Å²) in [5.74, 6) is 6.00. The molecule has 2 aromatic rings. The standard InChI is InChI=1S/C10H9FO.C7H7F.2C2H6/c1-2-3-9-4-6-10(7-5-9)12-8-11;1-6-2-4-7(8)5-3-6;2*1-2/h4-7H,8H2,1H3;2-5H,1H3;2*1-2H3. The molecule has 0 aliphatic carbocycles. The van der Waals surface area contributed by atoms with E-state index in [1.807, 2.05) is 34.6 Å². The topological polar surface area (TPSA) is 9.23 Å². The van der Waals surface area contributed by atoms with Crippen LogP contribution in [0.25, 0.3) is 0 Å². The summed E-state index contributed by atoms with van der Waals surface area (Å²) in [7, 11) is 0. The lowest BCUT2D eigenvalue weighted by Crippen LogP contribution is -1.88. The van der Waals surface area contributed by atoms with Gasteiger partial charge < -0.3 is 4.74 Å². The molecule has 0 atom stereocenters. The molecule has 0 aliphatic heterocycles. The lowest BCUT2D eigenvalue weighted by atomic mass is 10.2. The Morgan fingerprint density at radius 2 is 1.38 bits per heavy atom. The minimum atomic E-state index is -0.793. The third kappa shape index (κ3) is 12.2. The van der Waals surface area contributed by atoms with Crippen molar-refractivity contribution in [2.75, 3.05) is 6.86 Å². The van der Waals surface area contributed by atoms with Gasteiger partial charge in [0, 0.05) is 5.56 Å². The molecule has 0 aromatic heterocycles. The smallest absolute Gasteiger partial charge is 0.228 e. The number of aryl methyl sites for hydroxylation is 1. The Hall–Kier alpha value is -2.34. The van der Waals surface area contributed by atoms with Crippen molar-refractivity contribution in [3.05, 3.63) is 65.5 Å². The highest BCUT2D eigenvalue weighted by Gasteiger charge is 1.91. The molecule has 2 aromatic carbocycles. The molecule has 2 rings (SSSR count). The Bertz CT molecular complexity index is 543. The van der Waals surface area contributed by atoms with Gasteiger partial charge in [0.2, 0.25) is 6.86 Å². The van der Waals surface area contributed by atoms with E-state index in [0.29, 0.717) is 5.75 Å². The molecule has 0 N–H and O–H groups in total. The largest absolute Gasteiger partial charge is 0.463 e. The summed E-state index contributed by atoms with van der Waals surface area (Å²) in [5, 5.41) is 0.